The molecule has 0 saturated heterocycles. The Morgan fingerprint density at radius 2 is 1.16 bits per heavy atom. The molecule has 2 aromatic rings. The molecule has 11 heteroatoms. The number of alkyl halides is 4. The highest BCUT2D eigenvalue weighted by atomic mass is 35.5. The van der Waals surface area contributed by atoms with Gasteiger partial charge in [0.1, 0.15) is 5.78 Å². The summed E-state index contributed by atoms with van der Waals surface area (Å²) in [5.41, 5.74) is -0.363. The number of nitriles is 2. The van der Waals surface area contributed by atoms with Crippen molar-refractivity contribution in [3.05, 3.63) is 59.7 Å². The van der Waals surface area contributed by atoms with Crippen molar-refractivity contribution in [1.82, 2.24) is 9.97 Å². The van der Waals surface area contributed by atoms with Gasteiger partial charge in [-0.3, -0.25) is 4.79 Å². The quantitative estimate of drug-likeness (QED) is 0.218. The maximum atomic E-state index is 13.1. The molecule has 0 N–H and O–H groups in total. The van der Waals surface area contributed by atoms with Crippen LogP contribution in [0.5, 0.6) is 0 Å². The third kappa shape index (κ3) is 8.66. The van der Waals surface area contributed by atoms with Crippen LogP contribution in [-0.4, -0.2) is 27.0 Å². The van der Waals surface area contributed by atoms with Gasteiger partial charge in [0.25, 0.3) is 0 Å². The number of aromatic nitrogens is 2. The highest BCUT2D eigenvalue weighted by molar-refractivity contribution is 6.40. The van der Waals surface area contributed by atoms with Gasteiger partial charge >= 0.3 is 0 Å². The van der Waals surface area contributed by atoms with Crippen LogP contribution in [0.4, 0.5) is 17.6 Å². The first-order chi connectivity index (χ1) is 17.0. The summed E-state index contributed by atoms with van der Waals surface area (Å²) in [7, 11) is 0. The Hall–Kier alpha value is -2.75. The largest absolute Gasteiger partial charge is 0.300 e. The van der Waals surface area contributed by atoms with Crippen molar-refractivity contribution in [3.63, 3.8) is 0 Å². The average Bonchev–Trinajstić information content (AvgIpc) is 2.87. The second kappa shape index (κ2) is 14.3. The second-order valence-corrected chi connectivity index (χ2v) is 9.43. The van der Waals surface area contributed by atoms with Gasteiger partial charge in [0.15, 0.2) is 0 Å². The summed E-state index contributed by atoms with van der Waals surface area (Å²) < 4.78 is 51.5. The van der Waals surface area contributed by atoms with Gasteiger partial charge < -0.3 is 0 Å². The molecule has 2 aromatic heterocycles. The van der Waals surface area contributed by atoms with Crippen molar-refractivity contribution in [2.45, 2.75) is 75.5 Å². The van der Waals surface area contributed by atoms with E-state index >= 15 is 0 Å². The van der Waals surface area contributed by atoms with Crippen molar-refractivity contribution < 1.29 is 22.4 Å². The number of halogens is 6. The Morgan fingerprint density at radius 1 is 0.784 bits per heavy atom. The molecule has 2 fully saturated rings. The molecule has 2 aliphatic rings. The first kappa shape index (κ1) is 32.3. The fourth-order valence-electron chi connectivity index (χ4n) is 4.25. The fraction of sp³-hybridized carbons (Fsp3) is 0.500. The van der Waals surface area contributed by atoms with Crippen LogP contribution < -0.4 is 0 Å². The molecule has 2 aliphatic carbocycles. The number of Topliss-reactive ketones (excluding diaryl/α,β-unsaturated/α-hetero) is 1. The monoisotopic (exact) mass is 558 g/mol. The molecule has 4 rings (SSSR count). The Kier molecular flexibility index (Phi) is 12.4. The molecule has 2 heterocycles. The van der Waals surface area contributed by atoms with E-state index in [1.165, 1.54) is 24.5 Å². The standard InChI is InChI=1S/C12H11F3N2.C12H11FN2O.CH2Cl2.CH4/c13-10-2-1-9(7-17-10)11(8-16)3-5-12(14,15)6-4-11;13-11-2-1-9(7-15-11)12(8-14)5-3-10(16)4-6-12;2-1-3;/h1-2,7H,3-6H2;1-2,7H,3-6H2;1H2;1H4. The highest BCUT2D eigenvalue weighted by Crippen LogP contribution is 2.44. The molecule has 0 bridgehead atoms. The number of ketones is 1. The molecule has 0 aliphatic heterocycles. The molecule has 2 saturated carbocycles. The normalized spacial score (nSPS) is 18.8. The number of nitrogens with zero attached hydrogens (tertiary/aromatic N) is 4. The van der Waals surface area contributed by atoms with Crippen molar-refractivity contribution in [2.75, 3.05) is 5.34 Å². The van der Waals surface area contributed by atoms with Gasteiger partial charge in [-0.25, -0.2) is 18.7 Å². The van der Waals surface area contributed by atoms with E-state index in [1.54, 1.807) is 6.07 Å². The summed E-state index contributed by atoms with van der Waals surface area (Å²) in [5.74, 6) is -3.68. The number of carbonyl (C=O) groups excluding carboxylic acids is 1. The van der Waals surface area contributed by atoms with Gasteiger partial charge in [-0.05, 0) is 48.9 Å². The molecule has 0 radical (unpaired) electrons. The van der Waals surface area contributed by atoms with Crippen LogP contribution in [-0.2, 0) is 15.6 Å². The third-order valence-electron chi connectivity index (χ3n) is 6.48. The third-order valence-corrected chi connectivity index (χ3v) is 6.48. The fourth-order valence-corrected chi connectivity index (χ4v) is 4.25. The SMILES string of the molecule is C.ClCCl.N#CC1(c2ccc(F)nc2)CCC(=O)CC1.N#CC1(c2ccc(F)nc2)CCC(F)(F)CC1. The highest BCUT2D eigenvalue weighted by Gasteiger charge is 2.44. The molecular formula is C26H28Cl2F4N4O. The minimum Gasteiger partial charge on any atom is -0.300 e. The molecule has 0 unspecified atom stereocenters. The predicted molar refractivity (Wildman–Crippen MR) is 133 cm³/mol. The maximum Gasteiger partial charge on any atom is 0.248 e. The van der Waals surface area contributed by atoms with Gasteiger partial charge in [0.2, 0.25) is 17.8 Å². The summed E-state index contributed by atoms with van der Waals surface area (Å²) in [6, 6.07) is 9.80. The van der Waals surface area contributed by atoms with E-state index in [0.717, 1.165) is 6.07 Å². The molecular weight excluding hydrogens is 531 g/mol. The Morgan fingerprint density at radius 3 is 1.49 bits per heavy atom. The van der Waals surface area contributed by atoms with E-state index in [4.69, 9.17) is 23.2 Å². The number of hydrogen-bond acceptors (Lipinski definition) is 5. The molecule has 5 nitrogen and oxygen atoms in total. The number of carbonyl (C=O) groups is 1. The van der Waals surface area contributed by atoms with Crippen LogP contribution in [0.2, 0.25) is 0 Å². The van der Waals surface area contributed by atoms with Gasteiger partial charge in [-0.2, -0.15) is 19.3 Å². The van der Waals surface area contributed by atoms with Crippen molar-refractivity contribution in [2.24, 2.45) is 0 Å². The molecule has 37 heavy (non-hydrogen) atoms. The zero-order chi connectivity index (χ0) is 26.8. The second-order valence-electron chi connectivity index (χ2n) is 8.62. The van der Waals surface area contributed by atoms with Gasteiger partial charge in [-0.1, -0.05) is 19.6 Å². The van der Waals surface area contributed by atoms with E-state index in [-0.39, 0.29) is 44.2 Å². The van der Waals surface area contributed by atoms with Gasteiger partial charge in [0, 0.05) is 38.1 Å². The van der Waals surface area contributed by atoms with E-state index < -0.39 is 28.6 Å². The van der Waals surface area contributed by atoms with Crippen molar-refractivity contribution in [1.29, 1.82) is 10.5 Å². The average molecular weight is 559 g/mol. The number of pyridine rings is 2. The lowest BCUT2D eigenvalue weighted by atomic mass is 9.70. The van der Waals surface area contributed by atoms with Crippen LogP contribution in [0.25, 0.3) is 0 Å². The van der Waals surface area contributed by atoms with Crippen LogP contribution in [0, 0.1) is 34.6 Å². The predicted octanol–water partition coefficient (Wildman–Crippen LogP) is 7.37. The Balaban J connectivity index is 0.000000327. The summed E-state index contributed by atoms with van der Waals surface area (Å²) in [4.78, 5) is 18.2. The van der Waals surface area contributed by atoms with Crippen LogP contribution in [0.15, 0.2) is 36.7 Å². The molecule has 0 aromatic carbocycles. The van der Waals surface area contributed by atoms with Gasteiger partial charge in [0.05, 0.1) is 28.3 Å². The van der Waals surface area contributed by atoms with Crippen LogP contribution in [0.3, 0.4) is 0 Å². The minimum atomic E-state index is -2.69. The minimum absolute atomic E-state index is 0. The lowest BCUT2D eigenvalue weighted by Gasteiger charge is -2.34. The molecule has 0 atom stereocenters. The van der Waals surface area contributed by atoms with E-state index in [2.05, 4.69) is 22.1 Å². The lowest BCUT2D eigenvalue weighted by molar-refractivity contribution is -0.121. The van der Waals surface area contributed by atoms with E-state index in [0.29, 0.717) is 36.8 Å². The lowest BCUT2D eigenvalue weighted by Crippen LogP contribution is -2.35. The first-order valence-electron chi connectivity index (χ1n) is 11.1. The first-order valence-corrected chi connectivity index (χ1v) is 12.2. The summed E-state index contributed by atoms with van der Waals surface area (Å²) >= 11 is 9.53. The molecule has 0 spiro atoms. The summed E-state index contributed by atoms with van der Waals surface area (Å²) in [6.07, 6.45) is 4.08. The van der Waals surface area contributed by atoms with Gasteiger partial charge in [-0.15, -0.1) is 23.2 Å². The van der Waals surface area contributed by atoms with E-state index in [1.807, 2.05) is 0 Å². The summed E-state index contributed by atoms with van der Waals surface area (Å²) in [6.45, 7) is 0. The van der Waals surface area contributed by atoms with Crippen LogP contribution >= 0.6 is 23.2 Å². The molecule has 200 valence electrons. The topological polar surface area (TPSA) is 90.4 Å². The summed E-state index contributed by atoms with van der Waals surface area (Å²) in [5, 5.41) is 18.7. The number of rotatable bonds is 2. The Labute approximate surface area is 224 Å². The Bertz CT molecular complexity index is 1080. The van der Waals surface area contributed by atoms with Crippen molar-refractivity contribution in [3.8, 4) is 12.1 Å². The maximum absolute atomic E-state index is 13.1. The number of hydrogen-bond donors (Lipinski definition) is 0. The zero-order valence-corrected chi connectivity index (χ0v) is 20.8. The van der Waals surface area contributed by atoms with Crippen molar-refractivity contribution >= 4 is 29.0 Å². The van der Waals surface area contributed by atoms with Crippen LogP contribution in [0.1, 0.15) is 69.9 Å². The smallest absolute Gasteiger partial charge is 0.248 e. The zero-order valence-electron chi connectivity index (χ0n) is 19.3. The molecule has 0 amide bonds. The van der Waals surface area contributed by atoms with E-state index in [9.17, 15) is 32.9 Å².